The molecule has 1 aromatic carbocycles. The number of hydrogen-bond donors (Lipinski definition) is 2. The van der Waals surface area contributed by atoms with Crippen LogP contribution in [0, 0.1) is 0 Å². The Balaban J connectivity index is 2.02. The van der Waals surface area contributed by atoms with Gasteiger partial charge in [-0.3, -0.25) is 9.69 Å². The van der Waals surface area contributed by atoms with Gasteiger partial charge < -0.3 is 11.1 Å². The van der Waals surface area contributed by atoms with Crippen LogP contribution in [0.2, 0.25) is 0 Å². The molecule has 0 atom stereocenters. The molecule has 0 bridgehead atoms. The van der Waals surface area contributed by atoms with Gasteiger partial charge in [0.2, 0.25) is 5.91 Å². The summed E-state index contributed by atoms with van der Waals surface area (Å²) in [5.41, 5.74) is 6.99. The number of piperazine rings is 1. The summed E-state index contributed by atoms with van der Waals surface area (Å²) in [6.45, 7) is 5.08. The number of carbonyl (C=O) groups excluding carboxylic acids is 1. The van der Waals surface area contributed by atoms with E-state index in [1.54, 1.807) is 6.07 Å². The summed E-state index contributed by atoms with van der Waals surface area (Å²) in [7, 11) is 0. The number of amides is 1. The van der Waals surface area contributed by atoms with Crippen molar-refractivity contribution < 1.29 is 4.79 Å². The van der Waals surface area contributed by atoms with E-state index in [0.29, 0.717) is 5.56 Å². The molecule has 1 aromatic rings. The van der Waals surface area contributed by atoms with Crippen molar-refractivity contribution in [1.29, 1.82) is 0 Å². The first kappa shape index (κ1) is 11.1. The summed E-state index contributed by atoms with van der Waals surface area (Å²) < 4.78 is 0. The molecule has 0 aromatic heterocycles. The summed E-state index contributed by atoms with van der Waals surface area (Å²) in [4.78, 5) is 13.4. The van der Waals surface area contributed by atoms with Crippen molar-refractivity contribution in [2.45, 2.75) is 6.54 Å². The minimum Gasteiger partial charge on any atom is -0.366 e. The maximum absolute atomic E-state index is 11.0. The molecule has 4 nitrogen and oxygen atoms in total. The van der Waals surface area contributed by atoms with E-state index in [1.165, 1.54) is 0 Å². The molecule has 0 unspecified atom stereocenters. The second-order valence-corrected chi connectivity index (χ2v) is 4.09. The summed E-state index contributed by atoms with van der Waals surface area (Å²) in [5.74, 6) is -0.359. The van der Waals surface area contributed by atoms with Gasteiger partial charge in [-0.05, 0) is 17.7 Å². The monoisotopic (exact) mass is 219 g/mol. The van der Waals surface area contributed by atoms with Gasteiger partial charge in [-0.1, -0.05) is 12.1 Å². The van der Waals surface area contributed by atoms with Crippen LogP contribution in [0.1, 0.15) is 15.9 Å². The second-order valence-electron chi connectivity index (χ2n) is 4.09. The highest BCUT2D eigenvalue weighted by Gasteiger charge is 2.10. The largest absolute Gasteiger partial charge is 0.366 e. The van der Waals surface area contributed by atoms with Gasteiger partial charge in [0.05, 0.1) is 0 Å². The van der Waals surface area contributed by atoms with Crippen LogP contribution in [-0.2, 0) is 6.54 Å². The molecule has 1 saturated heterocycles. The van der Waals surface area contributed by atoms with E-state index >= 15 is 0 Å². The smallest absolute Gasteiger partial charge is 0.248 e. The Morgan fingerprint density at radius 3 is 2.81 bits per heavy atom. The predicted octanol–water partition coefficient (Wildman–Crippen LogP) is 0.191. The molecule has 0 saturated carbocycles. The van der Waals surface area contributed by atoms with Crippen molar-refractivity contribution in [2.75, 3.05) is 26.2 Å². The van der Waals surface area contributed by atoms with E-state index in [1.807, 2.05) is 18.2 Å². The number of nitrogens with zero attached hydrogens (tertiary/aromatic N) is 1. The molecular weight excluding hydrogens is 202 g/mol. The zero-order valence-electron chi connectivity index (χ0n) is 9.28. The highest BCUT2D eigenvalue weighted by atomic mass is 16.1. The van der Waals surface area contributed by atoms with Crippen molar-refractivity contribution in [3.63, 3.8) is 0 Å². The molecule has 3 N–H and O–H groups in total. The molecule has 0 radical (unpaired) electrons. The van der Waals surface area contributed by atoms with Crippen LogP contribution < -0.4 is 11.1 Å². The highest BCUT2D eigenvalue weighted by Crippen LogP contribution is 2.08. The van der Waals surface area contributed by atoms with Crippen molar-refractivity contribution in [2.24, 2.45) is 5.73 Å². The minimum atomic E-state index is -0.359. The molecule has 2 rings (SSSR count). The summed E-state index contributed by atoms with van der Waals surface area (Å²) in [5, 5.41) is 3.31. The maximum Gasteiger partial charge on any atom is 0.248 e. The number of benzene rings is 1. The molecule has 1 fully saturated rings. The molecule has 0 spiro atoms. The zero-order valence-corrected chi connectivity index (χ0v) is 9.28. The average Bonchev–Trinajstić information content (AvgIpc) is 2.30. The third-order valence-corrected chi connectivity index (χ3v) is 2.83. The lowest BCUT2D eigenvalue weighted by Gasteiger charge is -2.27. The lowest BCUT2D eigenvalue weighted by molar-refractivity contribution is 0.1000. The van der Waals surface area contributed by atoms with Crippen molar-refractivity contribution >= 4 is 5.91 Å². The fraction of sp³-hybridized carbons (Fsp3) is 0.417. The van der Waals surface area contributed by atoms with Gasteiger partial charge in [0.25, 0.3) is 0 Å². The Kier molecular flexibility index (Phi) is 3.54. The first-order valence-corrected chi connectivity index (χ1v) is 5.57. The van der Waals surface area contributed by atoms with E-state index in [2.05, 4.69) is 10.2 Å². The second kappa shape index (κ2) is 5.09. The van der Waals surface area contributed by atoms with Crippen LogP contribution in [-0.4, -0.2) is 37.0 Å². The van der Waals surface area contributed by atoms with Gasteiger partial charge in [0.15, 0.2) is 0 Å². The Bertz CT molecular complexity index is 372. The van der Waals surface area contributed by atoms with Crippen LogP contribution in [0.15, 0.2) is 24.3 Å². The number of nitrogens with two attached hydrogens (primary N) is 1. The van der Waals surface area contributed by atoms with E-state index in [-0.39, 0.29) is 5.91 Å². The molecule has 4 heteroatoms. The normalized spacial score (nSPS) is 17.2. The highest BCUT2D eigenvalue weighted by molar-refractivity contribution is 5.92. The SMILES string of the molecule is NC(=O)c1cccc(CN2CCNCC2)c1. The van der Waals surface area contributed by atoms with E-state index in [4.69, 9.17) is 5.73 Å². The molecule has 1 heterocycles. The van der Waals surface area contributed by atoms with Gasteiger partial charge in [-0.15, -0.1) is 0 Å². The van der Waals surface area contributed by atoms with Crippen molar-refractivity contribution in [1.82, 2.24) is 10.2 Å². The number of rotatable bonds is 3. The Morgan fingerprint density at radius 1 is 1.38 bits per heavy atom. The van der Waals surface area contributed by atoms with Crippen LogP contribution >= 0.6 is 0 Å². The molecular formula is C12H17N3O. The molecule has 1 aliphatic heterocycles. The zero-order chi connectivity index (χ0) is 11.4. The summed E-state index contributed by atoms with van der Waals surface area (Å²) in [6.07, 6.45) is 0. The van der Waals surface area contributed by atoms with Crippen LogP contribution in [0.25, 0.3) is 0 Å². The fourth-order valence-corrected chi connectivity index (χ4v) is 1.95. The molecule has 16 heavy (non-hydrogen) atoms. The van der Waals surface area contributed by atoms with Gasteiger partial charge in [0, 0.05) is 38.3 Å². The van der Waals surface area contributed by atoms with Crippen molar-refractivity contribution in [3.05, 3.63) is 35.4 Å². The van der Waals surface area contributed by atoms with Gasteiger partial charge in [-0.2, -0.15) is 0 Å². The lowest BCUT2D eigenvalue weighted by Crippen LogP contribution is -2.42. The maximum atomic E-state index is 11.0. The molecule has 1 aliphatic rings. The fourth-order valence-electron chi connectivity index (χ4n) is 1.95. The average molecular weight is 219 g/mol. The van der Waals surface area contributed by atoms with E-state index < -0.39 is 0 Å². The quantitative estimate of drug-likeness (QED) is 0.763. The standard InChI is InChI=1S/C12H17N3O/c13-12(16)11-3-1-2-10(8-11)9-15-6-4-14-5-7-15/h1-3,8,14H,4-7,9H2,(H2,13,16). The Morgan fingerprint density at radius 2 is 2.12 bits per heavy atom. The van der Waals surface area contributed by atoms with Gasteiger partial charge >= 0.3 is 0 Å². The lowest BCUT2D eigenvalue weighted by atomic mass is 10.1. The Labute approximate surface area is 95.4 Å². The third kappa shape index (κ3) is 2.81. The van der Waals surface area contributed by atoms with Crippen LogP contribution in [0.5, 0.6) is 0 Å². The molecule has 86 valence electrons. The van der Waals surface area contributed by atoms with Gasteiger partial charge in [0.1, 0.15) is 0 Å². The first-order valence-electron chi connectivity index (χ1n) is 5.57. The number of hydrogen-bond acceptors (Lipinski definition) is 3. The number of nitrogens with one attached hydrogen (secondary N) is 1. The van der Waals surface area contributed by atoms with Crippen molar-refractivity contribution in [3.8, 4) is 0 Å². The number of carbonyl (C=O) groups is 1. The summed E-state index contributed by atoms with van der Waals surface area (Å²) >= 11 is 0. The van der Waals surface area contributed by atoms with Crippen LogP contribution in [0.3, 0.4) is 0 Å². The topological polar surface area (TPSA) is 58.4 Å². The van der Waals surface area contributed by atoms with Crippen LogP contribution in [0.4, 0.5) is 0 Å². The minimum absolute atomic E-state index is 0.359. The summed E-state index contributed by atoms with van der Waals surface area (Å²) in [6, 6.07) is 7.56. The van der Waals surface area contributed by atoms with E-state index in [9.17, 15) is 4.79 Å². The van der Waals surface area contributed by atoms with E-state index in [0.717, 1.165) is 38.3 Å². The molecule has 0 aliphatic carbocycles. The Hall–Kier alpha value is -1.39. The third-order valence-electron chi connectivity index (χ3n) is 2.83. The number of primary amides is 1. The molecule has 1 amide bonds. The first-order chi connectivity index (χ1) is 7.75. The van der Waals surface area contributed by atoms with Gasteiger partial charge in [-0.25, -0.2) is 0 Å². The predicted molar refractivity (Wildman–Crippen MR) is 63.1 cm³/mol.